The molecule has 0 aromatic heterocycles. The Morgan fingerprint density at radius 2 is 1.65 bits per heavy atom. The summed E-state index contributed by atoms with van der Waals surface area (Å²) in [7, 11) is 0. The Bertz CT molecular complexity index is 1260. The van der Waals surface area contributed by atoms with Crippen molar-refractivity contribution >= 4 is 34.3 Å². The van der Waals surface area contributed by atoms with Crippen LogP contribution in [0.1, 0.15) is 56.4 Å². The Labute approximate surface area is 219 Å². The molecule has 2 atom stereocenters. The smallest absolute Gasteiger partial charge is 0.411 e. The summed E-state index contributed by atoms with van der Waals surface area (Å²) in [6, 6.07) is 5.93. The molecule has 11 heteroatoms. The van der Waals surface area contributed by atoms with Gasteiger partial charge in [0.15, 0.2) is 12.4 Å². The van der Waals surface area contributed by atoms with Gasteiger partial charge in [-0.15, -0.1) is 0 Å². The van der Waals surface area contributed by atoms with Gasteiger partial charge in [-0.05, 0) is 62.9 Å². The van der Waals surface area contributed by atoms with Crippen LogP contribution in [0.25, 0.3) is 11.1 Å². The van der Waals surface area contributed by atoms with E-state index in [1.165, 1.54) is 29.2 Å². The maximum Gasteiger partial charge on any atom is 0.411 e. The number of nitrogens with zero attached hydrogens (tertiary/aromatic N) is 1. The number of esters is 1. The molecular weight excluding hydrogens is 562 g/mol. The molecule has 1 aliphatic heterocycles. The molecule has 0 bridgehead atoms. The maximum atomic E-state index is 15.1. The molecule has 198 valence electrons. The molecule has 1 amide bonds. The zero-order valence-electron chi connectivity index (χ0n) is 20.2. The lowest BCUT2D eigenvalue weighted by molar-refractivity contribution is -0.225. The second-order valence-electron chi connectivity index (χ2n) is 9.97. The molecule has 2 aromatic rings. The fraction of sp³-hybridized carbons (Fsp3) is 0.423. The minimum atomic E-state index is -4.59. The predicted molar refractivity (Wildman–Crippen MR) is 128 cm³/mol. The van der Waals surface area contributed by atoms with Crippen LogP contribution in [0.3, 0.4) is 0 Å². The lowest BCUT2D eigenvalue weighted by atomic mass is 9.79. The van der Waals surface area contributed by atoms with E-state index >= 15 is 8.78 Å². The minimum Gasteiger partial charge on any atom is -0.448 e. The molecule has 2 aromatic carbocycles. The standard InChI is InChI=1S/C26H24BrF4NO5/c1-24(2,3)37-23(35)32-10-4-5-20(32)22(34)36-21(13-33)14-6-8-16-17-9-7-15(27)12-19(17)26(30,31)25(28,29)18(16)11-14/h6-9,11-13,20-21H,4-5,10H2,1-3H3. The fourth-order valence-corrected chi connectivity index (χ4v) is 4.87. The van der Waals surface area contributed by atoms with Gasteiger partial charge >= 0.3 is 23.9 Å². The van der Waals surface area contributed by atoms with Crippen molar-refractivity contribution in [1.29, 1.82) is 0 Å². The second-order valence-corrected chi connectivity index (χ2v) is 10.9. The number of carbonyl (C=O) groups is 3. The van der Waals surface area contributed by atoms with Gasteiger partial charge in [-0.2, -0.15) is 17.6 Å². The van der Waals surface area contributed by atoms with Crippen LogP contribution >= 0.6 is 15.9 Å². The monoisotopic (exact) mass is 585 g/mol. The van der Waals surface area contributed by atoms with Crippen molar-refractivity contribution in [2.45, 2.75) is 63.2 Å². The largest absolute Gasteiger partial charge is 0.448 e. The molecule has 0 saturated carbocycles. The third-order valence-electron chi connectivity index (χ3n) is 6.23. The number of benzene rings is 2. The van der Waals surface area contributed by atoms with E-state index in [0.29, 0.717) is 6.42 Å². The molecule has 6 nitrogen and oxygen atoms in total. The van der Waals surface area contributed by atoms with Gasteiger partial charge in [-0.3, -0.25) is 9.69 Å². The van der Waals surface area contributed by atoms with Crippen LogP contribution in [0.15, 0.2) is 40.9 Å². The summed E-state index contributed by atoms with van der Waals surface area (Å²) in [4.78, 5) is 38.4. The normalized spacial score (nSPS) is 20.4. The summed E-state index contributed by atoms with van der Waals surface area (Å²) >= 11 is 3.04. The van der Waals surface area contributed by atoms with Crippen molar-refractivity contribution in [2.24, 2.45) is 0 Å². The highest BCUT2D eigenvalue weighted by Gasteiger charge is 2.62. The number of carbonyl (C=O) groups excluding carboxylic acids is 3. The third-order valence-corrected chi connectivity index (χ3v) is 6.73. The first-order chi connectivity index (χ1) is 17.2. The minimum absolute atomic E-state index is 0.0701. The molecule has 2 unspecified atom stereocenters. The summed E-state index contributed by atoms with van der Waals surface area (Å²) in [6.07, 6.45) is -1.41. The number of alkyl halides is 4. The van der Waals surface area contributed by atoms with Crippen molar-refractivity contribution in [3.05, 3.63) is 57.6 Å². The molecule has 37 heavy (non-hydrogen) atoms. The molecule has 1 aliphatic carbocycles. The van der Waals surface area contributed by atoms with E-state index in [1.807, 2.05) is 0 Å². The highest BCUT2D eigenvalue weighted by Crippen LogP contribution is 2.58. The molecule has 1 fully saturated rings. The van der Waals surface area contributed by atoms with Gasteiger partial charge < -0.3 is 9.47 Å². The van der Waals surface area contributed by atoms with E-state index in [9.17, 15) is 23.2 Å². The molecule has 1 heterocycles. The van der Waals surface area contributed by atoms with E-state index in [0.717, 1.165) is 12.1 Å². The highest BCUT2D eigenvalue weighted by atomic mass is 79.9. The quantitative estimate of drug-likeness (QED) is 0.233. The van der Waals surface area contributed by atoms with Gasteiger partial charge in [-0.25, -0.2) is 9.59 Å². The summed E-state index contributed by atoms with van der Waals surface area (Å²) < 4.78 is 70.9. The third kappa shape index (κ3) is 4.85. The Balaban J connectivity index is 1.63. The number of halogens is 5. The fourth-order valence-electron chi connectivity index (χ4n) is 4.51. The van der Waals surface area contributed by atoms with Gasteiger partial charge in [0.05, 0.1) is 0 Å². The van der Waals surface area contributed by atoms with Crippen LogP contribution < -0.4 is 0 Å². The van der Waals surface area contributed by atoms with Crippen molar-refractivity contribution < 1.29 is 41.4 Å². The number of likely N-dealkylation sites (tertiary alicyclic amines) is 1. The summed E-state index contributed by atoms with van der Waals surface area (Å²) in [5, 5.41) is 0. The Hall–Kier alpha value is -2.95. The van der Waals surface area contributed by atoms with Crippen molar-refractivity contribution in [3.8, 4) is 11.1 Å². The summed E-state index contributed by atoms with van der Waals surface area (Å²) in [5.74, 6) is -10.0. The van der Waals surface area contributed by atoms with Crippen LogP contribution in [0.2, 0.25) is 0 Å². The highest BCUT2D eigenvalue weighted by molar-refractivity contribution is 9.10. The molecule has 0 spiro atoms. The lowest BCUT2D eigenvalue weighted by Gasteiger charge is -2.35. The maximum absolute atomic E-state index is 15.1. The number of fused-ring (bicyclic) bond motifs is 3. The van der Waals surface area contributed by atoms with Gasteiger partial charge in [0.1, 0.15) is 11.6 Å². The predicted octanol–water partition coefficient (Wildman–Crippen LogP) is 6.50. The Morgan fingerprint density at radius 3 is 2.24 bits per heavy atom. The summed E-state index contributed by atoms with van der Waals surface area (Å²) in [6.45, 7) is 5.24. The van der Waals surface area contributed by atoms with E-state index in [1.54, 1.807) is 20.8 Å². The van der Waals surface area contributed by atoms with Gasteiger partial charge in [-0.1, -0.05) is 34.1 Å². The molecule has 0 N–H and O–H groups in total. The molecule has 2 aliphatic rings. The zero-order chi connectivity index (χ0) is 27.3. The van der Waals surface area contributed by atoms with E-state index in [-0.39, 0.29) is 40.4 Å². The van der Waals surface area contributed by atoms with E-state index < -0.39 is 52.8 Å². The first kappa shape index (κ1) is 27.1. The molecule has 4 rings (SSSR count). The average molecular weight is 586 g/mol. The van der Waals surface area contributed by atoms with Crippen LogP contribution in [-0.4, -0.2) is 41.4 Å². The Kier molecular flexibility index (Phi) is 6.89. The molecular formula is C26H24BrF4NO5. The zero-order valence-corrected chi connectivity index (χ0v) is 21.8. The van der Waals surface area contributed by atoms with E-state index in [2.05, 4.69) is 15.9 Å². The second kappa shape index (κ2) is 9.41. The number of ether oxygens (including phenoxy) is 2. The molecule has 1 saturated heterocycles. The number of amides is 1. The Morgan fingerprint density at radius 1 is 1.05 bits per heavy atom. The van der Waals surface area contributed by atoms with Gasteiger partial charge in [0.2, 0.25) is 0 Å². The first-order valence-electron chi connectivity index (χ1n) is 11.5. The SMILES string of the molecule is CC(C)(C)OC(=O)N1CCCC1C(=O)OC(C=O)c1ccc2c(c1)C(F)(F)C(F)(F)c1cc(Br)ccc1-2. The lowest BCUT2D eigenvalue weighted by Crippen LogP contribution is -2.44. The number of aldehydes is 1. The number of rotatable bonds is 4. The molecule has 0 radical (unpaired) electrons. The van der Waals surface area contributed by atoms with Crippen LogP contribution in [0, 0.1) is 0 Å². The number of hydrogen-bond donors (Lipinski definition) is 0. The summed E-state index contributed by atoms with van der Waals surface area (Å²) in [5.41, 5.74) is -2.99. The number of hydrogen-bond acceptors (Lipinski definition) is 5. The average Bonchev–Trinajstić information content (AvgIpc) is 3.31. The van der Waals surface area contributed by atoms with Crippen LogP contribution in [0.5, 0.6) is 0 Å². The van der Waals surface area contributed by atoms with E-state index in [4.69, 9.17) is 9.47 Å². The van der Waals surface area contributed by atoms with Crippen LogP contribution in [-0.2, 0) is 30.9 Å². The van der Waals surface area contributed by atoms with Gasteiger partial charge in [0.25, 0.3) is 0 Å². The van der Waals surface area contributed by atoms with Crippen molar-refractivity contribution in [1.82, 2.24) is 4.90 Å². The first-order valence-corrected chi connectivity index (χ1v) is 12.3. The van der Waals surface area contributed by atoms with Crippen molar-refractivity contribution in [3.63, 3.8) is 0 Å². The van der Waals surface area contributed by atoms with Crippen molar-refractivity contribution in [2.75, 3.05) is 6.54 Å². The van der Waals surface area contributed by atoms with Crippen LogP contribution in [0.4, 0.5) is 22.4 Å². The topological polar surface area (TPSA) is 72.9 Å². The van der Waals surface area contributed by atoms with Gasteiger partial charge in [0, 0.05) is 27.7 Å².